The van der Waals surface area contributed by atoms with Crippen LogP contribution in [-0.2, 0) is 0 Å². The van der Waals surface area contributed by atoms with Gasteiger partial charge >= 0.3 is 5.00 Å². The summed E-state index contributed by atoms with van der Waals surface area (Å²) in [6.07, 6.45) is 1.09. The van der Waals surface area contributed by atoms with Crippen molar-refractivity contribution in [2.24, 2.45) is 0 Å². The van der Waals surface area contributed by atoms with E-state index in [1.165, 1.54) is 11.3 Å². The van der Waals surface area contributed by atoms with Gasteiger partial charge in [-0.1, -0.05) is 11.6 Å². The van der Waals surface area contributed by atoms with Crippen molar-refractivity contribution in [3.8, 4) is 0 Å². The Morgan fingerprint density at radius 3 is 2.88 bits per heavy atom. The van der Waals surface area contributed by atoms with E-state index in [0.29, 0.717) is 9.90 Å². The first-order valence-corrected chi connectivity index (χ1v) is 6.30. The zero-order valence-electron chi connectivity index (χ0n) is 8.05. The minimum atomic E-state index is -0.564. The first kappa shape index (κ1) is 12.0. The van der Waals surface area contributed by atoms with Crippen LogP contribution < -0.4 is 5.32 Å². The molecule has 0 aromatic carbocycles. The lowest BCUT2D eigenvalue weighted by molar-refractivity contribution is -0.380. The number of thiophene rings is 1. The molecule has 0 aliphatic rings. The van der Waals surface area contributed by atoms with Gasteiger partial charge in [0.25, 0.3) is 5.91 Å². The van der Waals surface area contributed by atoms with Crippen molar-refractivity contribution in [2.75, 3.05) is 5.32 Å². The summed E-state index contributed by atoms with van der Waals surface area (Å²) in [6, 6.07) is 1.60. The Kier molecular flexibility index (Phi) is 3.36. The third-order valence-electron chi connectivity index (χ3n) is 1.72. The molecule has 2 aromatic rings. The molecule has 0 atom stereocenters. The predicted octanol–water partition coefficient (Wildman–Crippen LogP) is 3.02. The molecular formula is C8H4ClN3O3S2. The van der Waals surface area contributed by atoms with E-state index in [0.717, 1.165) is 17.5 Å². The number of hydrogen-bond donors (Lipinski definition) is 1. The van der Waals surface area contributed by atoms with Gasteiger partial charge in [-0.15, -0.1) is 11.3 Å². The molecule has 1 N–H and O–H groups in total. The second-order valence-corrected chi connectivity index (χ2v) is 5.14. The molecule has 6 nitrogen and oxygen atoms in total. The number of thiazole rings is 1. The summed E-state index contributed by atoms with van der Waals surface area (Å²) in [5, 5.41) is 15.0. The Morgan fingerprint density at radius 1 is 1.59 bits per heavy atom. The van der Waals surface area contributed by atoms with Gasteiger partial charge in [0.15, 0.2) is 5.13 Å². The Morgan fingerprint density at radius 2 is 2.35 bits per heavy atom. The van der Waals surface area contributed by atoms with E-state index < -0.39 is 10.8 Å². The van der Waals surface area contributed by atoms with Crippen LogP contribution in [0.15, 0.2) is 17.6 Å². The molecule has 1 amide bonds. The number of carbonyl (C=O) groups is 1. The van der Waals surface area contributed by atoms with Crippen molar-refractivity contribution in [2.45, 2.75) is 0 Å². The minimum absolute atomic E-state index is 0.127. The molecule has 0 aliphatic heterocycles. The summed E-state index contributed by atoms with van der Waals surface area (Å²) >= 11 is 7.76. The summed E-state index contributed by atoms with van der Waals surface area (Å²) in [6.45, 7) is 0. The second kappa shape index (κ2) is 4.78. The Bertz CT molecular complexity index is 580. The number of nitro groups is 1. The van der Waals surface area contributed by atoms with Crippen LogP contribution in [0.5, 0.6) is 0 Å². The van der Waals surface area contributed by atoms with Crippen LogP contribution in [-0.4, -0.2) is 15.8 Å². The Balaban J connectivity index is 2.13. The Hall–Kier alpha value is -1.51. The number of hydrogen-bond acceptors (Lipinski definition) is 6. The van der Waals surface area contributed by atoms with E-state index in [4.69, 9.17) is 11.6 Å². The molecule has 0 saturated carbocycles. The van der Waals surface area contributed by atoms with Crippen LogP contribution in [0.1, 0.15) is 9.67 Å². The fourth-order valence-electron chi connectivity index (χ4n) is 1.02. The van der Waals surface area contributed by atoms with Crippen molar-refractivity contribution >= 4 is 50.3 Å². The first-order chi connectivity index (χ1) is 8.08. The number of rotatable bonds is 3. The van der Waals surface area contributed by atoms with Crippen LogP contribution in [0.4, 0.5) is 10.1 Å². The van der Waals surface area contributed by atoms with E-state index in [2.05, 4.69) is 10.3 Å². The number of anilines is 1. The SMILES string of the molecule is O=C(Nc1ncc([N+](=O)[O-])s1)c1sccc1Cl. The smallest absolute Gasteiger partial charge is 0.297 e. The number of nitrogens with zero attached hydrogens (tertiary/aromatic N) is 2. The van der Waals surface area contributed by atoms with Crippen LogP contribution in [0.3, 0.4) is 0 Å². The van der Waals surface area contributed by atoms with Gasteiger partial charge in [-0.2, -0.15) is 0 Å². The van der Waals surface area contributed by atoms with Gasteiger partial charge in [0.2, 0.25) is 0 Å². The van der Waals surface area contributed by atoms with E-state index in [9.17, 15) is 14.9 Å². The van der Waals surface area contributed by atoms with Crippen LogP contribution in [0.25, 0.3) is 0 Å². The summed E-state index contributed by atoms with van der Waals surface area (Å²) < 4.78 is 0. The van der Waals surface area contributed by atoms with Crippen LogP contribution in [0, 0.1) is 10.1 Å². The van der Waals surface area contributed by atoms with Crippen LogP contribution in [0.2, 0.25) is 5.02 Å². The van der Waals surface area contributed by atoms with Gasteiger partial charge in [0.1, 0.15) is 11.1 Å². The van der Waals surface area contributed by atoms with E-state index in [-0.39, 0.29) is 10.1 Å². The minimum Gasteiger partial charge on any atom is -0.297 e. The summed E-state index contributed by atoms with van der Waals surface area (Å²) in [5.41, 5.74) is 0. The van der Waals surface area contributed by atoms with Gasteiger partial charge in [0.05, 0.1) is 9.95 Å². The second-order valence-electron chi connectivity index (χ2n) is 2.81. The van der Waals surface area contributed by atoms with Crippen molar-refractivity contribution in [1.82, 2.24) is 4.98 Å². The maximum Gasteiger partial charge on any atom is 0.345 e. The van der Waals surface area contributed by atoms with E-state index >= 15 is 0 Å². The van der Waals surface area contributed by atoms with Gasteiger partial charge in [-0.25, -0.2) is 4.98 Å². The molecule has 0 aliphatic carbocycles. The molecular weight excluding hydrogens is 286 g/mol. The molecule has 2 aromatic heterocycles. The molecule has 0 radical (unpaired) electrons. The number of aromatic nitrogens is 1. The molecule has 88 valence electrons. The maximum atomic E-state index is 11.7. The molecule has 0 spiro atoms. The maximum absolute atomic E-state index is 11.7. The summed E-state index contributed by atoms with van der Waals surface area (Å²) in [7, 11) is 0. The van der Waals surface area contributed by atoms with Gasteiger partial charge in [-0.05, 0) is 22.8 Å². The normalized spacial score (nSPS) is 10.2. The molecule has 2 rings (SSSR count). The highest BCUT2D eigenvalue weighted by Gasteiger charge is 2.16. The van der Waals surface area contributed by atoms with E-state index in [1.54, 1.807) is 11.4 Å². The largest absolute Gasteiger partial charge is 0.345 e. The lowest BCUT2D eigenvalue weighted by Gasteiger charge is -1.98. The van der Waals surface area contributed by atoms with Crippen molar-refractivity contribution < 1.29 is 9.72 Å². The fourth-order valence-corrected chi connectivity index (χ4v) is 2.68. The van der Waals surface area contributed by atoms with Gasteiger partial charge in [0, 0.05) is 0 Å². The molecule has 2 heterocycles. The monoisotopic (exact) mass is 289 g/mol. The third kappa shape index (κ3) is 2.60. The fraction of sp³-hybridized carbons (Fsp3) is 0. The molecule has 0 saturated heterocycles. The average Bonchev–Trinajstić information content (AvgIpc) is 2.86. The third-order valence-corrected chi connectivity index (χ3v) is 3.92. The number of halogens is 1. The summed E-state index contributed by atoms with van der Waals surface area (Å²) in [5.74, 6) is -0.422. The molecule has 0 bridgehead atoms. The zero-order chi connectivity index (χ0) is 12.4. The quantitative estimate of drug-likeness (QED) is 0.695. The lowest BCUT2D eigenvalue weighted by atomic mass is 10.4. The first-order valence-electron chi connectivity index (χ1n) is 4.22. The highest BCUT2D eigenvalue weighted by molar-refractivity contribution is 7.19. The highest BCUT2D eigenvalue weighted by atomic mass is 35.5. The van der Waals surface area contributed by atoms with Crippen molar-refractivity contribution in [1.29, 1.82) is 0 Å². The van der Waals surface area contributed by atoms with Gasteiger partial charge in [-0.3, -0.25) is 20.2 Å². The van der Waals surface area contributed by atoms with E-state index in [1.807, 2.05) is 0 Å². The predicted molar refractivity (Wildman–Crippen MR) is 66.1 cm³/mol. The summed E-state index contributed by atoms with van der Waals surface area (Å²) in [4.78, 5) is 25.6. The topological polar surface area (TPSA) is 85.1 Å². The molecule has 9 heteroatoms. The number of nitrogens with one attached hydrogen (secondary N) is 1. The average molecular weight is 290 g/mol. The van der Waals surface area contributed by atoms with Crippen molar-refractivity contribution in [3.63, 3.8) is 0 Å². The van der Waals surface area contributed by atoms with Crippen LogP contribution >= 0.6 is 34.3 Å². The number of carbonyl (C=O) groups excluding carboxylic acids is 1. The highest BCUT2D eigenvalue weighted by Crippen LogP contribution is 2.27. The number of amides is 1. The standard InChI is InChI=1S/C8H4ClN3O3S2/c9-4-1-2-16-6(4)7(13)11-8-10-3-5(17-8)12(14)15/h1-3H,(H,10,11,13). The Labute approximate surface area is 108 Å². The zero-order valence-corrected chi connectivity index (χ0v) is 10.4. The lowest BCUT2D eigenvalue weighted by Crippen LogP contribution is -2.10. The van der Waals surface area contributed by atoms with Crippen molar-refractivity contribution in [3.05, 3.63) is 37.7 Å². The molecule has 0 fully saturated rings. The molecule has 0 unspecified atom stereocenters. The van der Waals surface area contributed by atoms with Gasteiger partial charge < -0.3 is 0 Å². The molecule has 17 heavy (non-hydrogen) atoms.